The first kappa shape index (κ1) is 13.9. The van der Waals surface area contributed by atoms with Gasteiger partial charge in [0.1, 0.15) is 9.84 Å². The Kier molecular flexibility index (Phi) is 6.66. The Morgan fingerprint density at radius 2 is 2.07 bits per heavy atom. The van der Waals surface area contributed by atoms with Crippen molar-refractivity contribution in [3.63, 3.8) is 0 Å². The number of carbonyl (C=O) groups is 1. The van der Waals surface area contributed by atoms with Gasteiger partial charge in [-0.2, -0.15) is 5.26 Å². The lowest BCUT2D eigenvalue weighted by Gasteiger charge is -2.04. The molecule has 0 atom stereocenters. The molecule has 0 spiro atoms. The Morgan fingerprint density at radius 3 is 2.60 bits per heavy atom. The summed E-state index contributed by atoms with van der Waals surface area (Å²) in [4.78, 5) is 11.0. The number of nitrogens with one attached hydrogen (secondary N) is 2. The lowest BCUT2D eigenvalue weighted by molar-refractivity contribution is -0.120. The maximum absolute atomic E-state index is 11.0. The van der Waals surface area contributed by atoms with E-state index in [2.05, 4.69) is 10.6 Å². The molecule has 6 nitrogen and oxygen atoms in total. The van der Waals surface area contributed by atoms with Crippen molar-refractivity contribution in [3.8, 4) is 6.07 Å². The summed E-state index contributed by atoms with van der Waals surface area (Å²) in [6.45, 7) is 0.647. The summed E-state index contributed by atoms with van der Waals surface area (Å²) >= 11 is 0. The van der Waals surface area contributed by atoms with E-state index < -0.39 is 9.84 Å². The van der Waals surface area contributed by atoms with Gasteiger partial charge in [0.15, 0.2) is 0 Å². The predicted octanol–water partition coefficient (Wildman–Crippen LogP) is -1.35. The molecule has 0 bridgehead atoms. The fourth-order valence-electron chi connectivity index (χ4n) is 0.780. The molecule has 0 aromatic heterocycles. The predicted molar refractivity (Wildman–Crippen MR) is 55.8 cm³/mol. The van der Waals surface area contributed by atoms with Crippen LogP contribution in [0.3, 0.4) is 0 Å². The Balaban J connectivity index is 3.44. The van der Waals surface area contributed by atoms with Crippen LogP contribution in [0, 0.1) is 11.3 Å². The maximum atomic E-state index is 11.0. The van der Waals surface area contributed by atoms with Gasteiger partial charge in [-0.25, -0.2) is 8.42 Å². The molecule has 0 aliphatic carbocycles. The van der Waals surface area contributed by atoms with Crippen LogP contribution in [-0.2, 0) is 14.6 Å². The lowest BCUT2D eigenvalue weighted by atomic mass is 10.4. The van der Waals surface area contributed by atoms with Crippen molar-refractivity contribution in [3.05, 3.63) is 0 Å². The largest absolute Gasteiger partial charge is 0.354 e. The third-order valence-corrected chi connectivity index (χ3v) is 2.44. The smallest absolute Gasteiger partial charge is 0.233 e. The molecule has 0 aromatic rings. The van der Waals surface area contributed by atoms with Gasteiger partial charge in [0.25, 0.3) is 0 Å². The quantitative estimate of drug-likeness (QED) is 0.530. The number of rotatable bonds is 7. The molecule has 0 aliphatic heterocycles. The SMILES string of the molecule is CS(=O)(=O)CCNCC(=O)NCCC#N. The van der Waals surface area contributed by atoms with Crippen molar-refractivity contribution in [2.24, 2.45) is 0 Å². The fraction of sp³-hybridized carbons (Fsp3) is 0.750. The van der Waals surface area contributed by atoms with Crippen LogP contribution < -0.4 is 10.6 Å². The van der Waals surface area contributed by atoms with E-state index in [-0.39, 0.29) is 31.2 Å². The van der Waals surface area contributed by atoms with Crippen LogP contribution in [0.4, 0.5) is 0 Å². The molecule has 0 aromatic carbocycles. The fourth-order valence-corrected chi connectivity index (χ4v) is 1.29. The summed E-state index contributed by atoms with van der Waals surface area (Å²) in [6.07, 6.45) is 1.41. The van der Waals surface area contributed by atoms with Gasteiger partial charge in [-0.15, -0.1) is 0 Å². The Hall–Kier alpha value is -1.13. The van der Waals surface area contributed by atoms with Crippen molar-refractivity contribution in [1.82, 2.24) is 10.6 Å². The molecule has 0 aliphatic rings. The molecule has 0 rings (SSSR count). The van der Waals surface area contributed by atoms with E-state index in [4.69, 9.17) is 5.26 Å². The van der Waals surface area contributed by atoms with Crippen LogP contribution in [-0.4, -0.2) is 46.0 Å². The van der Waals surface area contributed by atoms with Gasteiger partial charge in [-0.1, -0.05) is 0 Å². The minimum atomic E-state index is -2.98. The van der Waals surface area contributed by atoms with Crippen LogP contribution in [0.1, 0.15) is 6.42 Å². The molecule has 2 N–H and O–H groups in total. The summed E-state index contributed by atoms with van der Waals surface area (Å²) in [5.74, 6) is -0.225. The number of hydrogen-bond donors (Lipinski definition) is 2. The van der Waals surface area contributed by atoms with Crippen LogP contribution in [0.15, 0.2) is 0 Å². The Labute approximate surface area is 89.6 Å². The molecule has 0 unspecified atom stereocenters. The van der Waals surface area contributed by atoms with Gasteiger partial charge in [-0.05, 0) is 0 Å². The minimum absolute atomic E-state index is 0.0124. The highest BCUT2D eigenvalue weighted by Crippen LogP contribution is 1.79. The molecule has 0 heterocycles. The molecule has 86 valence electrons. The van der Waals surface area contributed by atoms with E-state index in [0.717, 1.165) is 6.26 Å². The molecule has 1 amide bonds. The highest BCUT2D eigenvalue weighted by atomic mass is 32.2. The van der Waals surface area contributed by atoms with Crippen molar-refractivity contribution in [1.29, 1.82) is 5.26 Å². The number of amides is 1. The summed E-state index contributed by atoms with van der Waals surface area (Å²) in [5, 5.41) is 13.4. The zero-order chi connectivity index (χ0) is 11.7. The van der Waals surface area contributed by atoms with Crippen LogP contribution in [0.2, 0.25) is 0 Å². The van der Waals surface area contributed by atoms with Gasteiger partial charge >= 0.3 is 0 Å². The van der Waals surface area contributed by atoms with E-state index in [9.17, 15) is 13.2 Å². The molecule has 0 saturated carbocycles. The molecule has 7 heteroatoms. The lowest BCUT2D eigenvalue weighted by Crippen LogP contribution is -2.36. The normalized spacial score (nSPS) is 10.7. The second kappa shape index (κ2) is 7.20. The van der Waals surface area contributed by atoms with Crippen molar-refractivity contribution < 1.29 is 13.2 Å². The van der Waals surface area contributed by atoms with Gasteiger partial charge in [0, 0.05) is 19.3 Å². The van der Waals surface area contributed by atoms with E-state index in [0.29, 0.717) is 6.54 Å². The molecule has 0 saturated heterocycles. The van der Waals surface area contributed by atoms with Crippen molar-refractivity contribution >= 4 is 15.7 Å². The first-order valence-electron chi connectivity index (χ1n) is 4.48. The maximum Gasteiger partial charge on any atom is 0.233 e. The van der Waals surface area contributed by atoms with Crippen LogP contribution in [0.5, 0.6) is 0 Å². The standard InChI is InChI=1S/C8H15N3O3S/c1-15(13,14)6-5-10-7-8(12)11-4-2-3-9/h10H,2,4-7H2,1H3,(H,11,12). The van der Waals surface area contributed by atoms with E-state index >= 15 is 0 Å². The molecular formula is C8H15N3O3S. The number of carbonyl (C=O) groups excluding carboxylic acids is 1. The molecule has 0 radical (unpaired) electrons. The second-order valence-corrected chi connectivity index (χ2v) is 5.32. The number of nitriles is 1. The first-order valence-corrected chi connectivity index (χ1v) is 6.54. The van der Waals surface area contributed by atoms with E-state index in [1.165, 1.54) is 0 Å². The molecule has 15 heavy (non-hydrogen) atoms. The van der Waals surface area contributed by atoms with Crippen molar-refractivity contribution in [2.75, 3.05) is 31.6 Å². The number of nitrogens with zero attached hydrogens (tertiary/aromatic N) is 1. The zero-order valence-electron chi connectivity index (χ0n) is 8.62. The zero-order valence-corrected chi connectivity index (χ0v) is 9.43. The second-order valence-electron chi connectivity index (χ2n) is 3.06. The minimum Gasteiger partial charge on any atom is -0.354 e. The summed E-state index contributed by atoms with van der Waals surface area (Å²) in [7, 11) is -2.98. The Morgan fingerprint density at radius 1 is 1.40 bits per heavy atom. The average Bonchev–Trinajstić information content (AvgIpc) is 2.11. The van der Waals surface area contributed by atoms with Gasteiger partial charge in [0.2, 0.25) is 5.91 Å². The average molecular weight is 233 g/mol. The first-order chi connectivity index (χ1) is 6.95. The third-order valence-electron chi connectivity index (χ3n) is 1.49. The topological polar surface area (TPSA) is 99.1 Å². The number of hydrogen-bond acceptors (Lipinski definition) is 5. The van der Waals surface area contributed by atoms with E-state index in [1.54, 1.807) is 0 Å². The summed E-state index contributed by atoms with van der Waals surface area (Å²) < 4.78 is 21.4. The van der Waals surface area contributed by atoms with Crippen LogP contribution >= 0.6 is 0 Å². The monoisotopic (exact) mass is 233 g/mol. The van der Waals surface area contributed by atoms with Crippen LogP contribution in [0.25, 0.3) is 0 Å². The molecular weight excluding hydrogens is 218 g/mol. The Bertz CT molecular complexity index is 332. The highest BCUT2D eigenvalue weighted by Gasteiger charge is 2.03. The van der Waals surface area contributed by atoms with Gasteiger partial charge < -0.3 is 10.6 Å². The van der Waals surface area contributed by atoms with E-state index in [1.807, 2.05) is 6.07 Å². The summed E-state index contributed by atoms with van der Waals surface area (Å²) in [6, 6.07) is 1.90. The van der Waals surface area contributed by atoms with Gasteiger partial charge in [-0.3, -0.25) is 4.79 Å². The number of sulfone groups is 1. The van der Waals surface area contributed by atoms with Gasteiger partial charge in [0.05, 0.1) is 24.8 Å². The van der Waals surface area contributed by atoms with Crippen molar-refractivity contribution in [2.45, 2.75) is 6.42 Å². The highest BCUT2D eigenvalue weighted by molar-refractivity contribution is 7.90. The third kappa shape index (κ3) is 10.8. The summed E-state index contributed by atoms with van der Waals surface area (Å²) in [5.41, 5.74) is 0. The molecule has 0 fully saturated rings.